The summed E-state index contributed by atoms with van der Waals surface area (Å²) in [6, 6.07) is 10.1. The van der Waals surface area contributed by atoms with E-state index in [9.17, 15) is 0 Å². The van der Waals surface area contributed by atoms with Gasteiger partial charge in [0, 0.05) is 19.1 Å². The summed E-state index contributed by atoms with van der Waals surface area (Å²) in [4.78, 5) is 2.47. The second kappa shape index (κ2) is 5.88. The molecule has 1 saturated heterocycles. The summed E-state index contributed by atoms with van der Waals surface area (Å²) < 4.78 is 5.70. The molecule has 0 spiro atoms. The fraction of sp³-hybridized carbons (Fsp3) is 0.533. The van der Waals surface area contributed by atoms with Crippen molar-refractivity contribution in [3.63, 3.8) is 0 Å². The van der Waals surface area contributed by atoms with E-state index in [1.54, 1.807) is 12.1 Å². The molecule has 0 aliphatic carbocycles. The summed E-state index contributed by atoms with van der Waals surface area (Å²) in [5.41, 5.74) is 0.649. The van der Waals surface area contributed by atoms with Crippen LogP contribution in [0.5, 0.6) is 5.75 Å². The molecule has 0 aromatic heterocycles. The third kappa shape index (κ3) is 3.24. The van der Waals surface area contributed by atoms with Gasteiger partial charge >= 0.3 is 0 Å². The van der Waals surface area contributed by atoms with Crippen LogP contribution in [-0.4, -0.2) is 30.6 Å². The molecule has 1 aromatic carbocycles. The Morgan fingerprint density at radius 1 is 1.44 bits per heavy atom. The largest absolute Gasteiger partial charge is 0.492 e. The van der Waals surface area contributed by atoms with Gasteiger partial charge in [-0.1, -0.05) is 13.0 Å². The van der Waals surface area contributed by atoms with E-state index in [2.05, 4.69) is 24.8 Å². The third-order valence-electron chi connectivity index (χ3n) is 3.52. The van der Waals surface area contributed by atoms with E-state index >= 15 is 0 Å². The molecule has 3 heteroatoms. The first-order chi connectivity index (χ1) is 8.69. The molecular formula is C15H20N2O. The number of likely N-dealkylation sites (tertiary alicyclic amines) is 1. The first kappa shape index (κ1) is 12.9. The molecule has 96 valence electrons. The third-order valence-corrected chi connectivity index (χ3v) is 3.52. The molecule has 1 fully saturated rings. The Hall–Kier alpha value is -1.53. The van der Waals surface area contributed by atoms with E-state index in [-0.39, 0.29) is 0 Å². The lowest BCUT2D eigenvalue weighted by Gasteiger charge is -2.20. The Morgan fingerprint density at radius 3 is 2.94 bits per heavy atom. The molecule has 1 heterocycles. The molecule has 0 saturated carbocycles. The van der Waals surface area contributed by atoms with Crippen LogP contribution >= 0.6 is 0 Å². The van der Waals surface area contributed by atoms with Crippen LogP contribution in [0.3, 0.4) is 0 Å². The smallest absolute Gasteiger partial charge is 0.120 e. The van der Waals surface area contributed by atoms with E-state index in [4.69, 9.17) is 10.00 Å². The zero-order chi connectivity index (χ0) is 13.0. The average molecular weight is 244 g/mol. The van der Waals surface area contributed by atoms with Crippen molar-refractivity contribution in [1.82, 2.24) is 4.90 Å². The van der Waals surface area contributed by atoms with Gasteiger partial charge in [0.1, 0.15) is 12.4 Å². The minimum Gasteiger partial charge on any atom is -0.492 e. The number of hydrogen-bond acceptors (Lipinski definition) is 3. The van der Waals surface area contributed by atoms with Gasteiger partial charge in [0.05, 0.1) is 11.6 Å². The standard InChI is InChI=1S/C15H20N2O/c1-12-8-13(2)17(11-12)6-7-18-15-5-3-4-14(9-15)10-16/h3-5,9,12-13H,6-8,11H2,1-2H3. The molecule has 1 aliphatic rings. The molecule has 3 nitrogen and oxygen atoms in total. The molecule has 1 aromatic rings. The lowest BCUT2D eigenvalue weighted by molar-refractivity contribution is 0.202. The lowest BCUT2D eigenvalue weighted by atomic mass is 10.1. The van der Waals surface area contributed by atoms with E-state index in [0.29, 0.717) is 18.2 Å². The fourth-order valence-electron chi connectivity index (χ4n) is 2.63. The molecule has 2 rings (SSSR count). The van der Waals surface area contributed by atoms with Gasteiger partial charge < -0.3 is 4.74 Å². The van der Waals surface area contributed by atoms with E-state index < -0.39 is 0 Å². The lowest BCUT2D eigenvalue weighted by Crippen LogP contribution is -2.31. The molecule has 0 bridgehead atoms. The van der Waals surface area contributed by atoms with Crippen molar-refractivity contribution < 1.29 is 4.74 Å². The minimum absolute atomic E-state index is 0.649. The summed E-state index contributed by atoms with van der Waals surface area (Å²) in [6.07, 6.45) is 1.28. The van der Waals surface area contributed by atoms with Gasteiger partial charge in [0.25, 0.3) is 0 Å². The highest BCUT2D eigenvalue weighted by Crippen LogP contribution is 2.21. The topological polar surface area (TPSA) is 36.3 Å². The van der Waals surface area contributed by atoms with Crippen molar-refractivity contribution in [2.45, 2.75) is 26.3 Å². The van der Waals surface area contributed by atoms with Crippen molar-refractivity contribution in [2.24, 2.45) is 5.92 Å². The van der Waals surface area contributed by atoms with Gasteiger partial charge in [-0.15, -0.1) is 0 Å². The minimum atomic E-state index is 0.649. The molecular weight excluding hydrogens is 224 g/mol. The average Bonchev–Trinajstić information content (AvgIpc) is 2.68. The molecule has 2 atom stereocenters. The van der Waals surface area contributed by atoms with Crippen LogP contribution in [0.1, 0.15) is 25.8 Å². The number of ether oxygens (including phenoxy) is 1. The van der Waals surface area contributed by atoms with E-state index in [1.807, 2.05) is 12.1 Å². The maximum absolute atomic E-state index is 8.81. The molecule has 0 amide bonds. The highest BCUT2D eigenvalue weighted by molar-refractivity contribution is 5.36. The van der Waals surface area contributed by atoms with Crippen molar-refractivity contribution in [1.29, 1.82) is 5.26 Å². The first-order valence-corrected chi connectivity index (χ1v) is 6.56. The molecule has 18 heavy (non-hydrogen) atoms. The van der Waals surface area contributed by atoms with Gasteiger partial charge in [-0.05, 0) is 37.5 Å². The van der Waals surface area contributed by atoms with Gasteiger partial charge in [0.2, 0.25) is 0 Å². The number of nitrogens with zero attached hydrogens (tertiary/aromatic N) is 2. The summed E-state index contributed by atoms with van der Waals surface area (Å²) in [6.45, 7) is 7.39. The predicted octanol–water partition coefficient (Wildman–Crippen LogP) is 2.67. The van der Waals surface area contributed by atoms with Crippen LogP contribution in [0.2, 0.25) is 0 Å². The Bertz CT molecular complexity index is 438. The van der Waals surface area contributed by atoms with Crippen molar-refractivity contribution in [3.8, 4) is 11.8 Å². The quantitative estimate of drug-likeness (QED) is 0.817. The summed E-state index contributed by atoms with van der Waals surface area (Å²) in [5.74, 6) is 1.58. The zero-order valence-corrected chi connectivity index (χ0v) is 11.1. The Balaban J connectivity index is 1.80. The van der Waals surface area contributed by atoms with Crippen LogP contribution in [0.4, 0.5) is 0 Å². The molecule has 0 N–H and O–H groups in total. The van der Waals surface area contributed by atoms with Gasteiger partial charge in [0.15, 0.2) is 0 Å². The number of nitriles is 1. The monoisotopic (exact) mass is 244 g/mol. The maximum atomic E-state index is 8.81. The van der Waals surface area contributed by atoms with Gasteiger partial charge in [-0.3, -0.25) is 4.90 Å². The fourth-order valence-corrected chi connectivity index (χ4v) is 2.63. The van der Waals surface area contributed by atoms with Crippen molar-refractivity contribution in [2.75, 3.05) is 19.7 Å². The van der Waals surface area contributed by atoms with Crippen LogP contribution < -0.4 is 4.74 Å². The van der Waals surface area contributed by atoms with Crippen molar-refractivity contribution in [3.05, 3.63) is 29.8 Å². The molecule has 0 radical (unpaired) electrons. The van der Waals surface area contributed by atoms with Crippen LogP contribution in [0, 0.1) is 17.2 Å². The van der Waals surface area contributed by atoms with Crippen molar-refractivity contribution >= 4 is 0 Å². The van der Waals surface area contributed by atoms with E-state index in [0.717, 1.165) is 18.2 Å². The molecule has 2 unspecified atom stereocenters. The van der Waals surface area contributed by atoms with Crippen LogP contribution in [-0.2, 0) is 0 Å². The highest BCUT2D eigenvalue weighted by atomic mass is 16.5. The number of hydrogen-bond donors (Lipinski definition) is 0. The predicted molar refractivity (Wildman–Crippen MR) is 71.5 cm³/mol. The van der Waals surface area contributed by atoms with Crippen LogP contribution in [0.15, 0.2) is 24.3 Å². The molecule has 1 aliphatic heterocycles. The summed E-state index contributed by atoms with van der Waals surface area (Å²) in [5, 5.41) is 8.81. The van der Waals surface area contributed by atoms with Gasteiger partial charge in [-0.2, -0.15) is 5.26 Å². The Morgan fingerprint density at radius 2 is 2.28 bits per heavy atom. The summed E-state index contributed by atoms with van der Waals surface area (Å²) in [7, 11) is 0. The van der Waals surface area contributed by atoms with E-state index in [1.165, 1.54) is 13.0 Å². The highest BCUT2D eigenvalue weighted by Gasteiger charge is 2.25. The Labute approximate surface area is 109 Å². The summed E-state index contributed by atoms with van der Waals surface area (Å²) >= 11 is 0. The second-order valence-corrected chi connectivity index (χ2v) is 5.17. The maximum Gasteiger partial charge on any atom is 0.120 e. The Kier molecular flexibility index (Phi) is 4.22. The second-order valence-electron chi connectivity index (χ2n) is 5.17. The first-order valence-electron chi connectivity index (χ1n) is 6.56. The van der Waals surface area contributed by atoms with Gasteiger partial charge in [-0.25, -0.2) is 0 Å². The number of benzene rings is 1. The SMILES string of the molecule is CC1CC(C)N(CCOc2cccc(C#N)c2)C1. The zero-order valence-electron chi connectivity index (χ0n) is 11.1. The normalized spacial score (nSPS) is 23.8. The van der Waals surface area contributed by atoms with Crippen LogP contribution in [0.25, 0.3) is 0 Å². The number of rotatable bonds is 4.